The summed E-state index contributed by atoms with van der Waals surface area (Å²) in [6.45, 7) is 18.0. The Kier molecular flexibility index (Phi) is 8.28. The summed E-state index contributed by atoms with van der Waals surface area (Å²) in [5.74, 6) is 2.56. The lowest BCUT2D eigenvalue weighted by Gasteiger charge is -2.21. The molecule has 0 spiro atoms. The maximum Gasteiger partial charge on any atom is 0.227 e. The Labute approximate surface area is 362 Å². The average molecular weight is 805 g/mol. The van der Waals surface area contributed by atoms with Crippen LogP contribution in [0.15, 0.2) is 150 Å². The zero-order valence-corrected chi connectivity index (χ0v) is 36.6. The number of aromatic nitrogens is 4. The molecule has 2 aromatic heterocycles. The number of fused-ring (bicyclic) bond motifs is 10. The van der Waals surface area contributed by atoms with Crippen molar-refractivity contribution in [2.45, 2.75) is 71.6 Å². The van der Waals surface area contributed by atoms with E-state index in [9.17, 15) is 0 Å². The molecule has 62 heavy (non-hydrogen) atoms. The SMILES string of the molecule is CC(C)(C)c1ccc(-c2nc(-c3ccc(C(C)(C)C)cc3)nc(-c3ccc4c(ccc5ccc6ccc7nc(-c8ccc9c(c8)C(C)(C)c8ccccc8-9)oc7c6c54)c3)n2)cc1. The van der Waals surface area contributed by atoms with E-state index in [0.717, 1.165) is 65.7 Å². The molecule has 0 saturated carbocycles. The van der Waals surface area contributed by atoms with Crippen molar-refractivity contribution in [2.75, 3.05) is 0 Å². The van der Waals surface area contributed by atoms with E-state index in [2.05, 4.69) is 201 Å². The number of hydrogen-bond donors (Lipinski definition) is 0. The fourth-order valence-corrected chi connectivity index (χ4v) is 9.45. The molecule has 1 aliphatic rings. The summed E-state index contributed by atoms with van der Waals surface area (Å²) in [5, 5.41) is 6.67. The van der Waals surface area contributed by atoms with Crippen LogP contribution >= 0.6 is 0 Å². The van der Waals surface area contributed by atoms with Gasteiger partial charge in [-0.15, -0.1) is 0 Å². The second-order valence-electron chi connectivity index (χ2n) is 19.6. The highest BCUT2D eigenvalue weighted by molar-refractivity contribution is 6.26. The van der Waals surface area contributed by atoms with Crippen LogP contribution in [0.4, 0.5) is 0 Å². The molecule has 302 valence electrons. The summed E-state index contributed by atoms with van der Waals surface area (Å²) >= 11 is 0. The van der Waals surface area contributed by atoms with Gasteiger partial charge in [-0.2, -0.15) is 0 Å². The topological polar surface area (TPSA) is 64.7 Å². The van der Waals surface area contributed by atoms with Gasteiger partial charge in [-0.25, -0.2) is 19.9 Å². The normalized spacial score (nSPS) is 13.6. The van der Waals surface area contributed by atoms with Crippen LogP contribution in [0.2, 0.25) is 0 Å². The molecule has 0 aliphatic heterocycles. The number of hydrogen-bond acceptors (Lipinski definition) is 5. The van der Waals surface area contributed by atoms with Crippen LogP contribution in [0.5, 0.6) is 0 Å². The molecule has 10 aromatic rings. The summed E-state index contributed by atoms with van der Waals surface area (Å²) in [4.78, 5) is 20.4. The third-order valence-electron chi connectivity index (χ3n) is 13.1. The summed E-state index contributed by atoms with van der Waals surface area (Å²) in [6.07, 6.45) is 0. The Bertz CT molecular complexity index is 3360. The molecule has 0 amide bonds. The predicted octanol–water partition coefficient (Wildman–Crippen LogP) is 15.0. The number of nitrogens with zero attached hydrogens (tertiary/aromatic N) is 4. The Morgan fingerprint density at radius 2 is 0.952 bits per heavy atom. The van der Waals surface area contributed by atoms with E-state index in [4.69, 9.17) is 24.4 Å². The van der Waals surface area contributed by atoms with E-state index in [1.54, 1.807) is 0 Å². The molecule has 0 radical (unpaired) electrons. The van der Waals surface area contributed by atoms with Crippen molar-refractivity contribution in [2.24, 2.45) is 0 Å². The Balaban J connectivity index is 1.04. The second kappa shape index (κ2) is 13.5. The third-order valence-corrected chi connectivity index (χ3v) is 13.1. The van der Waals surface area contributed by atoms with E-state index < -0.39 is 0 Å². The zero-order valence-electron chi connectivity index (χ0n) is 36.6. The van der Waals surface area contributed by atoms with Gasteiger partial charge in [-0.3, -0.25) is 0 Å². The predicted molar refractivity (Wildman–Crippen MR) is 257 cm³/mol. The lowest BCUT2D eigenvalue weighted by atomic mass is 9.82. The first kappa shape index (κ1) is 38.0. The first-order chi connectivity index (χ1) is 29.7. The number of benzene rings is 8. The molecule has 0 unspecified atom stereocenters. The van der Waals surface area contributed by atoms with E-state index in [1.165, 1.54) is 33.4 Å². The van der Waals surface area contributed by atoms with Crippen LogP contribution in [0.3, 0.4) is 0 Å². The van der Waals surface area contributed by atoms with E-state index in [1.807, 2.05) is 0 Å². The number of rotatable bonds is 4. The molecule has 1 aliphatic carbocycles. The molecule has 11 rings (SSSR count). The molecule has 5 heteroatoms. The second-order valence-corrected chi connectivity index (χ2v) is 19.6. The lowest BCUT2D eigenvalue weighted by Crippen LogP contribution is -2.14. The molecule has 0 fully saturated rings. The van der Waals surface area contributed by atoms with Crippen molar-refractivity contribution in [3.63, 3.8) is 0 Å². The van der Waals surface area contributed by atoms with E-state index in [0.29, 0.717) is 23.4 Å². The molecule has 5 nitrogen and oxygen atoms in total. The molecule has 8 aromatic carbocycles. The summed E-state index contributed by atoms with van der Waals surface area (Å²) in [6, 6.07) is 52.2. The van der Waals surface area contributed by atoms with Gasteiger partial charge in [0.15, 0.2) is 23.1 Å². The Hall–Kier alpha value is -6.98. The standard InChI is InChI=1S/C57H48N4O/c1-55(2,3)40-24-17-35(18-25-40)51-59-52(36-19-26-41(27-20-36)56(4,5)6)61-53(60-51)38-21-28-42-37(31-38)16-15-33-13-14-34-23-30-47-50(49(34)48(33)42)62-54(58-47)39-22-29-44-43-11-9-10-12-45(43)57(7,8)46(44)32-39/h9-32H,1-8H3. The minimum Gasteiger partial charge on any atom is -0.435 e. The molecule has 0 saturated heterocycles. The van der Waals surface area contributed by atoms with Crippen molar-refractivity contribution >= 4 is 43.4 Å². The van der Waals surface area contributed by atoms with Gasteiger partial charge >= 0.3 is 0 Å². The molecular formula is C57H48N4O. The van der Waals surface area contributed by atoms with Crippen LogP contribution in [0, 0.1) is 0 Å². The Morgan fingerprint density at radius 3 is 1.58 bits per heavy atom. The van der Waals surface area contributed by atoms with Gasteiger partial charge in [-0.1, -0.05) is 177 Å². The fraction of sp³-hybridized carbons (Fsp3) is 0.193. The van der Waals surface area contributed by atoms with Gasteiger partial charge in [0.1, 0.15) is 5.52 Å². The highest BCUT2D eigenvalue weighted by atomic mass is 16.3. The van der Waals surface area contributed by atoms with Gasteiger partial charge in [-0.05, 0) is 90.0 Å². The highest BCUT2D eigenvalue weighted by Crippen LogP contribution is 2.50. The molecule has 0 bridgehead atoms. The molecule has 2 heterocycles. The fourth-order valence-electron chi connectivity index (χ4n) is 9.45. The monoisotopic (exact) mass is 804 g/mol. The van der Waals surface area contributed by atoms with E-state index in [-0.39, 0.29) is 16.2 Å². The van der Waals surface area contributed by atoms with Crippen LogP contribution in [-0.4, -0.2) is 19.9 Å². The largest absolute Gasteiger partial charge is 0.435 e. The van der Waals surface area contributed by atoms with Gasteiger partial charge in [0, 0.05) is 38.4 Å². The van der Waals surface area contributed by atoms with Crippen LogP contribution in [-0.2, 0) is 16.2 Å². The minimum absolute atomic E-state index is 0.0397. The quantitative estimate of drug-likeness (QED) is 0.166. The smallest absolute Gasteiger partial charge is 0.227 e. The van der Waals surface area contributed by atoms with Crippen LogP contribution < -0.4 is 0 Å². The summed E-state index contributed by atoms with van der Waals surface area (Å²) in [5.41, 5.74) is 13.2. The molecule has 0 N–H and O–H groups in total. The third kappa shape index (κ3) is 6.13. The van der Waals surface area contributed by atoms with Crippen molar-refractivity contribution < 1.29 is 4.42 Å². The molecule has 0 atom stereocenters. The van der Waals surface area contributed by atoms with Gasteiger partial charge in [0.25, 0.3) is 0 Å². The van der Waals surface area contributed by atoms with Gasteiger partial charge in [0.05, 0.1) is 0 Å². The van der Waals surface area contributed by atoms with Crippen molar-refractivity contribution in [1.82, 2.24) is 19.9 Å². The maximum absolute atomic E-state index is 6.85. The molecular weight excluding hydrogens is 757 g/mol. The van der Waals surface area contributed by atoms with Crippen LogP contribution in [0.25, 0.3) is 100 Å². The van der Waals surface area contributed by atoms with Crippen molar-refractivity contribution in [3.05, 3.63) is 168 Å². The first-order valence-electron chi connectivity index (χ1n) is 21.6. The van der Waals surface area contributed by atoms with Gasteiger partial charge in [0.2, 0.25) is 5.89 Å². The van der Waals surface area contributed by atoms with Gasteiger partial charge < -0.3 is 4.42 Å². The minimum atomic E-state index is -0.117. The highest BCUT2D eigenvalue weighted by Gasteiger charge is 2.35. The zero-order chi connectivity index (χ0) is 42.7. The van der Waals surface area contributed by atoms with Crippen molar-refractivity contribution in [3.8, 4) is 56.7 Å². The summed E-state index contributed by atoms with van der Waals surface area (Å²) in [7, 11) is 0. The van der Waals surface area contributed by atoms with Crippen LogP contribution in [0.1, 0.15) is 77.6 Å². The lowest BCUT2D eigenvalue weighted by molar-refractivity contribution is 0.590. The maximum atomic E-state index is 6.85. The Morgan fingerprint density at radius 1 is 0.435 bits per heavy atom. The van der Waals surface area contributed by atoms with E-state index >= 15 is 0 Å². The number of oxazole rings is 1. The first-order valence-corrected chi connectivity index (χ1v) is 21.6. The average Bonchev–Trinajstić information content (AvgIpc) is 3.81. The summed E-state index contributed by atoms with van der Waals surface area (Å²) < 4.78 is 6.85. The van der Waals surface area contributed by atoms with Crippen molar-refractivity contribution in [1.29, 1.82) is 0 Å².